The number of carbonyl (C=O) groups is 1. The van der Waals surface area contributed by atoms with Crippen molar-refractivity contribution in [3.63, 3.8) is 0 Å². The van der Waals surface area contributed by atoms with E-state index in [9.17, 15) is 4.79 Å². The van der Waals surface area contributed by atoms with E-state index in [4.69, 9.17) is 27.9 Å². The minimum absolute atomic E-state index is 0.239. The molecule has 3 rings (SSSR count). The molecule has 0 saturated heterocycles. The van der Waals surface area contributed by atoms with Gasteiger partial charge in [-0.25, -0.2) is 4.98 Å². The van der Waals surface area contributed by atoms with Crippen molar-refractivity contribution in [3.8, 4) is 5.75 Å². The van der Waals surface area contributed by atoms with E-state index in [2.05, 4.69) is 11.9 Å². The van der Waals surface area contributed by atoms with Gasteiger partial charge in [-0.1, -0.05) is 72.9 Å². The van der Waals surface area contributed by atoms with Crippen LogP contribution in [0.1, 0.15) is 35.7 Å². The Labute approximate surface area is 181 Å². The van der Waals surface area contributed by atoms with Crippen molar-refractivity contribution in [2.24, 2.45) is 0 Å². The van der Waals surface area contributed by atoms with Crippen molar-refractivity contribution in [2.75, 3.05) is 11.5 Å². The van der Waals surface area contributed by atoms with Crippen LogP contribution < -0.4 is 9.64 Å². The number of anilines is 1. The summed E-state index contributed by atoms with van der Waals surface area (Å²) in [4.78, 5) is 19.3. The molecule has 0 atom stereocenters. The van der Waals surface area contributed by atoms with Gasteiger partial charge >= 0.3 is 0 Å². The molecule has 0 unspecified atom stereocenters. The Morgan fingerprint density at radius 2 is 1.72 bits per heavy atom. The Hall–Kier alpha value is -2.56. The van der Waals surface area contributed by atoms with Crippen LogP contribution >= 0.6 is 23.2 Å². The van der Waals surface area contributed by atoms with E-state index >= 15 is 0 Å². The van der Waals surface area contributed by atoms with E-state index < -0.39 is 0 Å². The molecule has 3 aromatic rings. The smallest absolute Gasteiger partial charge is 0.259 e. The first-order valence-corrected chi connectivity index (χ1v) is 10.2. The number of unbranched alkanes of at least 4 members (excludes halogenated alkanes) is 1. The second-order valence-electron chi connectivity index (χ2n) is 6.54. The lowest BCUT2D eigenvalue weighted by molar-refractivity contribution is 0.0984. The highest BCUT2D eigenvalue weighted by Gasteiger charge is 2.22. The first-order valence-electron chi connectivity index (χ1n) is 9.48. The zero-order valence-electron chi connectivity index (χ0n) is 16.1. The number of aromatic nitrogens is 1. The highest BCUT2D eigenvalue weighted by molar-refractivity contribution is 6.37. The van der Waals surface area contributed by atoms with Gasteiger partial charge in [-0.3, -0.25) is 9.69 Å². The molecule has 1 heterocycles. The number of rotatable bonds is 8. The average molecular weight is 429 g/mol. The standard InChI is InChI=1S/C23H22Cl2N2O2/c1-2-3-13-29-22-19(24)14-18(15-20(22)25)23(28)27(21-11-7-8-12-26-21)16-17-9-5-4-6-10-17/h4-12,14-15H,2-3,13,16H2,1H3. The number of pyridine rings is 1. The van der Waals surface area contributed by atoms with Crippen LogP contribution in [0.5, 0.6) is 5.75 Å². The predicted molar refractivity (Wildman–Crippen MR) is 118 cm³/mol. The van der Waals surface area contributed by atoms with Crippen molar-refractivity contribution >= 4 is 34.9 Å². The lowest BCUT2D eigenvalue weighted by Crippen LogP contribution is -2.31. The third kappa shape index (κ3) is 5.49. The normalized spacial score (nSPS) is 10.6. The number of hydrogen-bond acceptors (Lipinski definition) is 3. The van der Waals surface area contributed by atoms with Crippen molar-refractivity contribution in [2.45, 2.75) is 26.3 Å². The minimum atomic E-state index is -0.239. The van der Waals surface area contributed by atoms with Crippen molar-refractivity contribution in [3.05, 3.63) is 88.0 Å². The summed E-state index contributed by atoms with van der Waals surface area (Å²) in [6.45, 7) is 2.98. The van der Waals surface area contributed by atoms with E-state index in [-0.39, 0.29) is 5.91 Å². The van der Waals surface area contributed by atoms with Crippen LogP contribution in [0, 0.1) is 0 Å². The van der Waals surface area contributed by atoms with Crippen LogP contribution in [-0.4, -0.2) is 17.5 Å². The molecule has 0 saturated carbocycles. The van der Waals surface area contributed by atoms with Crippen LogP contribution in [-0.2, 0) is 6.54 Å². The number of halogens is 2. The van der Waals surface area contributed by atoms with Crippen LogP contribution in [0.2, 0.25) is 10.0 Å². The molecule has 1 aromatic heterocycles. The van der Waals surface area contributed by atoms with Gasteiger partial charge < -0.3 is 4.74 Å². The molecular formula is C23H22Cl2N2O2. The van der Waals surface area contributed by atoms with E-state index in [1.165, 1.54) is 0 Å². The third-order valence-corrected chi connectivity index (χ3v) is 4.91. The number of ether oxygens (including phenoxy) is 1. The van der Waals surface area contributed by atoms with E-state index in [0.717, 1.165) is 18.4 Å². The second kappa shape index (κ2) is 10.3. The molecule has 0 aliphatic rings. The molecule has 0 spiro atoms. The van der Waals surface area contributed by atoms with Gasteiger partial charge in [-0.05, 0) is 36.2 Å². The summed E-state index contributed by atoms with van der Waals surface area (Å²) in [6, 6.07) is 18.4. The fourth-order valence-corrected chi connectivity index (χ4v) is 3.43. The topological polar surface area (TPSA) is 42.4 Å². The van der Waals surface area contributed by atoms with Gasteiger partial charge in [0.25, 0.3) is 5.91 Å². The van der Waals surface area contributed by atoms with E-state index in [1.807, 2.05) is 42.5 Å². The van der Waals surface area contributed by atoms with Gasteiger partial charge in [0.2, 0.25) is 0 Å². The maximum absolute atomic E-state index is 13.4. The van der Waals surface area contributed by atoms with Gasteiger partial charge in [0, 0.05) is 11.8 Å². The quantitative estimate of drug-likeness (QED) is 0.389. The molecule has 0 aliphatic carbocycles. The van der Waals surface area contributed by atoms with Crippen molar-refractivity contribution in [1.82, 2.24) is 4.98 Å². The average Bonchev–Trinajstić information content (AvgIpc) is 2.75. The summed E-state index contributed by atoms with van der Waals surface area (Å²) < 4.78 is 5.68. The van der Waals surface area contributed by atoms with Gasteiger partial charge in [0.1, 0.15) is 5.82 Å². The maximum Gasteiger partial charge on any atom is 0.259 e. The summed E-state index contributed by atoms with van der Waals surface area (Å²) in [5, 5.41) is 0.635. The molecule has 0 radical (unpaired) electrons. The summed E-state index contributed by atoms with van der Waals surface area (Å²) in [5.74, 6) is 0.721. The summed E-state index contributed by atoms with van der Waals surface area (Å²) in [7, 11) is 0. The van der Waals surface area contributed by atoms with Gasteiger partial charge in [0.05, 0.1) is 23.2 Å². The fourth-order valence-electron chi connectivity index (χ4n) is 2.83. The molecule has 0 N–H and O–H groups in total. The molecule has 0 aliphatic heterocycles. The first-order chi connectivity index (χ1) is 14.1. The number of carbonyl (C=O) groups excluding carboxylic acids is 1. The Balaban J connectivity index is 1.91. The molecule has 4 nitrogen and oxygen atoms in total. The van der Waals surface area contributed by atoms with Crippen LogP contribution in [0.3, 0.4) is 0 Å². The molecular weight excluding hydrogens is 407 g/mol. The third-order valence-electron chi connectivity index (χ3n) is 4.34. The molecule has 0 fully saturated rings. The summed E-state index contributed by atoms with van der Waals surface area (Å²) >= 11 is 12.7. The molecule has 29 heavy (non-hydrogen) atoms. The highest BCUT2D eigenvalue weighted by atomic mass is 35.5. The van der Waals surface area contributed by atoms with Crippen LogP contribution in [0.15, 0.2) is 66.9 Å². The van der Waals surface area contributed by atoms with E-state index in [0.29, 0.717) is 40.3 Å². The van der Waals surface area contributed by atoms with Gasteiger partial charge in [0.15, 0.2) is 5.75 Å². The molecule has 0 bridgehead atoms. The number of nitrogens with zero attached hydrogens (tertiary/aromatic N) is 2. The van der Waals surface area contributed by atoms with Crippen molar-refractivity contribution in [1.29, 1.82) is 0 Å². The monoisotopic (exact) mass is 428 g/mol. The van der Waals surface area contributed by atoms with E-state index in [1.54, 1.807) is 29.3 Å². The molecule has 1 amide bonds. The lowest BCUT2D eigenvalue weighted by atomic mass is 10.1. The maximum atomic E-state index is 13.4. The van der Waals surface area contributed by atoms with Gasteiger partial charge in [-0.2, -0.15) is 0 Å². The fraction of sp³-hybridized carbons (Fsp3) is 0.217. The predicted octanol–water partition coefficient (Wildman–Crippen LogP) is 6.41. The zero-order valence-corrected chi connectivity index (χ0v) is 17.7. The Kier molecular flexibility index (Phi) is 7.50. The number of amides is 1. The highest BCUT2D eigenvalue weighted by Crippen LogP contribution is 2.35. The molecule has 2 aromatic carbocycles. The lowest BCUT2D eigenvalue weighted by Gasteiger charge is -2.22. The Morgan fingerprint density at radius 1 is 1.03 bits per heavy atom. The van der Waals surface area contributed by atoms with Gasteiger partial charge in [-0.15, -0.1) is 0 Å². The van der Waals surface area contributed by atoms with Crippen molar-refractivity contribution < 1.29 is 9.53 Å². The first kappa shape index (κ1) is 21.2. The largest absolute Gasteiger partial charge is 0.490 e. The minimum Gasteiger partial charge on any atom is -0.490 e. The van der Waals surface area contributed by atoms with Crippen LogP contribution in [0.4, 0.5) is 5.82 Å². The second-order valence-corrected chi connectivity index (χ2v) is 7.35. The number of benzene rings is 2. The molecule has 150 valence electrons. The molecule has 6 heteroatoms. The summed E-state index contributed by atoms with van der Waals surface area (Å²) in [5.41, 5.74) is 1.37. The Bertz CT molecular complexity index is 927. The zero-order chi connectivity index (χ0) is 20.6. The summed E-state index contributed by atoms with van der Waals surface area (Å²) in [6.07, 6.45) is 3.56. The SMILES string of the molecule is CCCCOc1c(Cl)cc(C(=O)N(Cc2ccccc2)c2ccccn2)cc1Cl. The Morgan fingerprint density at radius 3 is 2.34 bits per heavy atom. The number of hydrogen-bond donors (Lipinski definition) is 0. The van der Waals surface area contributed by atoms with Crippen LogP contribution in [0.25, 0.3) is 0 Å².